The van der Waals surface area contributed by atoms with Crippen molar-refractivity contribution in [3.63, 3.8) is 0 Å². The van der Waals surface area contributed by atoms with Crippen LogP contribution < -0.4 is 10.1 Å². The molecule has 1 fully saturated rings. The van der Waals surface area contributed by atoms with Crippen molar-refractivity contribution >= 4 is 11.6 Å². The van der Waals surface area contributed by atoms with Gasteiger partial charge in [0.15, 0.2) is 6.61 Å². The molecule has 0 unspecified atom stereocenters. The Morgan fingerprint density at radius 1 is 1.40 bits per heavy atom. The largest absolute Gasteiger partial charge is 0.484 e. The smallest absolute Gasteiger partial charge is 0.273 e. The number of carbonyl (C=O) groups is 1. The van der Waals surface area contributed by atoms with Gasteiger partial charge in [-0.3, -0.25) is 14.9 Å². The lowest BCUT2D eigenvalue weighted by molar-refractivity contribution is -0.384. The van der Waals surface area contributed by atoms with Crippen LogP contribution in [0.5, 0.6) is 5.75 Å². The number of carbonyl (C=O) groups excluding carboxylic acids is 1. The van der Waals surface area contributed by atoms with Gasteiger partial charge in [-0.1, -0.05) is 6.07 Å². The zero-order valence-corrected chi connectivity index (χ0v) is 11.1. The number of hydrogen-bond donors (Lipinski definition) is 1. The van der Waals surface area contributed by atoms with E-state index in [1.165, 1.54) is 18.2 Å². The molecule has 1 N–H and O–H groups in total. The minimum Gasteiger partial charge on any atom is -0.484 e. The van der Waals surface area contributed by atoms with Crippen molar-refractivity contribution in [2.45, 2.75) is 6.42 Å². The average molecular weight is 279 g/mol. The van der Waals surface area contributed by atoms with Crippen LogP contribution in [0.25, 0.3) is 0 Å². The highest BCUT2D eigenvalue weighted by molar-refractivity contribution is 5.77. The van der Waals surface area contributed by atoms with Gasteiger partial charge in [0.05, 0.1) is 11.0 Å². The maximum atomic E-state index is 12.0. The molecule has 20 heavy (non-hydrogen) atoms. The molecule has 0 spiro atoms. The lowest BCUT2D eigenvalue weighted by Gasteiger charge is -2.19. The summed E-state index contributed by atoms with van der Waals surface area (Å²) < 4.78 is 5.34. The highest BCUT2D eigenvalue weighted by atomic mass is 16.6. The van der Waals surface area contributed by atoms with Gasteiger partial charge >= 0.3 is 0 Å². The van der Waals surface area contributed by atoms with Crippen molar-refractivity contribution in [2.75, 3.05) is 32.8 Å². The van der Waals surface area contributed by atoms with Crippen LogP contribution >= 0.6 is 0 Å². The van der Waals surface area contributed by atoms with E-state index in [0.717, 1.165) is 19.5 Å². The minimum atomic E-state index is -0.491. The average Bonchev–Trinajstić information content (AvgIpc) is 2.74. The lowest BCUT2D eigenvalue weighted by atomic mass is 10.3. The Morgan fingerprint density at radius 2 is 2.25 bits per heavy atom. The van der Waals surface area contributed by atoms with Crippen molar-refractivity contribution < 1.29 is 14.5 Å². The van der Waals surface area contributed by atoms with Gasteiger partial charge in [-0.25, -0.2) is 0 Å². The summed E-state index contributed by atoms with van der Waals surface area (Å²) in [4.78, 5) is 23.9. The van der Waals surface area contributed by atoms with Crippen LogP contribution in [0, 0.1) is 10.1 Å². The van der Waals surface area contributed by atoms with Crippen molar-refractivity contribution in [1.82, 2.24) is 10.2 Å². The van der Waals surface area contributed by atoms with Crippen LogP contribution in [-0.2, 0) is 4.79 Å². The summed E-state index contributed by atoms with van der Waals surface area (Å²) >= 11 is 0. The first kappa shape index (κ1) is 14.3. The molecule has 1 heterocycles. The Hall–Kier alpha value is -2.15. The van der Waals surface area contributed by atoms with Crippen molar-refractivity contribution in [3.05, 3.63) is 34.4 Å². The predicted molar refractivity (Wildman–Crippen MR) is 72.7 cm³/mol. The Morgan fingerprint density at radius 3 is 3.05 bits per heavy atom. The van der Waals surface area contributed by atoms with Crippen LogP contribution in [-0.4, -0.2) is 48.5 Å². The highest BCUT2D eigenvalue weighted by Crippen LogP contribution is 2.19. The standard InChI is InChI=1S/C13H17N3O4/c17-13(15-7-2-5-14-6-8-15)10-20-12-4-1-3-11(9-12)16(18)19/h1,3-4,9,14H,2,5-8,10H2. The molecule has 0 saturated carbocycles. The molecule has 0 bridgehead atoms. The molecule has 1 saturated heterocycles. The normalized spacial score (nSPS) is 15.5. The molecular weight excluding hydrogens is 262 g/mol. The van der Waals surface area contributed by atoms with Gasteiger partial charge in [-0.05, 0) is 19.0 Å². The van der Waals surface area contributed by atoms with Crippen LogP contribution in [0.15, 0.2) is 24.3 Å². The second kappa shape index (κ2) is 6.85. The number of rotatable bonds is 4. The van der Waals surface area contributed by atoms with E-state index >= 15 is 0 Å². The van der Waals surface area contributed by atoms with E-state index in [1.54, 1.807) is 11.0 Å². The third-order valence-corrected chi connectivity index (χ3v) is 3.08. The molecule has 1 aliphatic rings. The quantitative estimate of drug-likeness (QED) is 0.651. The van der Waals surface area contributed by atoms with E-state index in [9.17, 15) is 14.9 Å². The van der Waals surface area contributed by atoms with Gasteiger partial charge in [0.25, 0.3) is 11.6 Å². The van der Waals surface area contributed by atoms with E-state index in [2.05, 4.69) is 5.32 Å². The molecule has 0 aliphatic carbocycles. The molecule has 7 heteroatoms. The Balaban J connectivity index is 1.89. The fraction of sp³-hybridized carbons (Fsp3) is 0.462. The summed E-state index contributed by atoms with van der Waals surface area (Å²) in [7, 11) is 0. The number of amides is 1. The molecule has 7 nitrogen and oxygen atoms in total. The van der Waals surface area contributed by atoms with E-state index in [-0.39, 0.29) is 18.2 Å². The third-order valence-electron chi connectivity index (χ3n) is 3.08. The number of ether oxygens (including phenoxy) is 1. The van der Waals surface area contributed by atoms with Gasteiger partial charge in [0.2, 0.25) is 0 Å². The fourth-order valence-electron chi connectivity index (χ4n) is 2.02. The fourth-order valence-corrected chi connectivity index (χ4v) is 2.02. The number of nitro benzene ring substituents is 1. The van der Waals surface area contributed by atoms with Crippen LogP contribution in [0.4, 0.5) is 5.69 Å². The maximum absolute atomic E-state index is 12.0. The summed E-state index contributed by atoms with van der Waals surface area (Å²) in [6.45, 7) is 2.97. The van der Waals surface area contributed by atoms with Crippen LogP contribution in [0.1, 0.15) is 6.42 Å². The number of nitrogens with zero attached hydrogens (tertiary/aromatic N) is 2. The molecule has 1 aromatic rings. The summed E-state index contributed by atoms with van der Waals surface area (Å²) in [5.74, 6) is 0.237. The van der Waals surface area contributed by atoms with Gasteiger partial charge in [0.1, 0.15) is 5.75 Å². The number of nitrogens with one attached hydrogen (secondary N) is 1. The monoisotopic (exact) mass is 279 g/mol. The molecule has 0 atom stereocenters. The van der Waals surface area contributed by atoms with E-state index in [1.807, 2.05) is 0 Å². The zero-order valence-electron chi connectivity index (χ0n) is 11.1. The summed E-state index contributed by atoms with van der Waals surface area (Å²) in [5, 5.41) is 13.9. The number of benzene rings is 1. The topological polar surface area (TPSA) is 84.7 Å². The molecule has 2 rings (SSSR count). The predicted octanol–water partition coefficient (Wildman–Crippen LogP) is 0.795. The Labute approximate surface area is 116 Å². The third kappa shape index (κ3) is 3.92. The molecule has 1 aliphatic heterocycles. The van der Waals surface area contributed by atoms with Crippen molar-refractivity contribution in [3.8, 4) is 5.75 Å². The Bertz CT molecular complexity index is 484. The Kier molecular flexibility index (Phi) is 4.89. The minimum absolute atomic E-state index is 0.0473. The van der Waals surface area contributed by atoms with Crippen LogP contribution in [0.2, 0.25) is 0 Å². The molecule has 1 amide bonds. The van der Waals surface area contributed by atoms with Crippen molar-refractivity contribution in [1.29, 1.82) is 0 Å². The molecular formula is C13H17N3O4. The summed E-state index contributed by atoms with van der Waals surface area (Å²) in [5.41, 5.74) is -0.0473. The van der Waals surface area contributed by atoms with Gasteiger partial charge in [-0.2, -0.15) is 0 Å². The molecule has 0 aromatic heterocycles. The van der Waals surface area contributed by atoms with Crippen LogP contribution in [0.3, 0.4) is 0 Å². The van der Waals surface area contributed by atoms with E-state index in [0.29, 0.717) is 18.8 Å². The first-order valence-electron chi connectivity index (χ1n) is 6.52. The van der Waals surface area contributed by atoms with Gasteiger partial charge < -0.3 is 15.0 Å². The number of hydrogen-bond acceptors (Lipinski definition) is 5. The zero-order chi connectivity index (χ0) is 14.4. The SMILES string of the molecule is O=C(COc1cccc([N+](=O)[O-])c1)N1CCCNCC1. The maximum Gasteiger partial charge on any atom is 0.273 e. The summed E-state index contributed by atoms with van der Waals surface area (Å²) in [6, 6.07) is 5.84. The molecule has 108 valence electrons. The summed E-state index contributed by atoms with van der Waals surface area (Å²) in [6.07, 6.45) is 0.919. The first-order chi connectivity index (χ1) is 9.66. The van der Waals surface area contributed by atoms with Gasteiger partial charge in [0, 0.05) is 25.7 Å². The van der Waals surface area contributed by atoms with E-state index < -0.39 is 4.92 Å². The van der Waals surface area contributed by atoms with Gasteiger partial charge in [-0.15, -0.1) is 0 Å². The highest BCUT2D eigenvalue weighted by Gasteiger charge is 2.16. The van der Waals surface area contributed by atoms with E-state index in [4.69, 9.17) is 4.74 Å². The second-order valence-electron chi connectivity index (χ2n) is 4.53. The molecule has 1 aromatic carbocycles. The number of non-ortho nitro benzene ring substituents is 1. The number of nitro groups is 1. The lowest BCUT2D eigenvalue weighted by Crippen LogP contribution is -2.37. The molecule has 0 radical (unpaired) electrons. The van der Waals surface area contributed by atoms with Crippen molar-refractivity contribution in [2.24, 2.45) is 0 Å². The first-order valence-corrected chi connectivity index (χ1v) is 6.52. The second-order valence-corrected chi connectivity index (χ2v) is 4.53.